The van der Waals surface area contributed by atoms with E-state index < -0.39 is 9.84 Å². The minimum Gasteiger partial charge on any atom is -0.465 e. The summed E-state index contributed by atoms with van der Waals surface area (Å²) in [4.78, 5) is 14.0. The molecule has 2 fully saturated rings. The van der Waals surface area contributed by atoms with E-state index in [0.717, 1.165) is 25.8 Å². The zero-order chi connectivity index (χ0) is 13.2. The summed E-state index contributed by atoms with van der Waals surface area (Å²) in [6.07, 6.45) is 3.49. The van der Waals surface area contributed by atoms with Crippen LogP contribution in [0.15, 0.2) is 0 Å². The second-order valence-corrected chi connectivity index (χ2v) is 7.29. The Hall–Kier alpha value is -0.620. The highest BCUT2D eigenvalue weighted by Gasteiger charge is 2.39. The molecule has 2 heterocycles. The van der Waals surface area contributed by atoms with Crippen LogP contribution in [0, 0.1) is 0 Å². The lowest BCUT2D eigenvalue weighted by Crippen LogP contribution is -2.51. The molecular weight excluding hydrogens is 254 g/mol. The molecule has 6 heteroatoms. The van der Waals surface area contributed by atoms with Gasteiger partial charge in [0.15, 0.2) is 9.84 Å². The van der Waals surface area contributed by atoms with E-state index in [1.165, 1.54) is 0 Å². The van der Waals surface area contributed by atoms with Crippen molar-refractivity contribution in [2.75, 3.05) is 24.7 Å². The predicted molar refractivity (Wildman–Crippen MR) is 68.0 cm³/mol. The van der Waals surface area contributed by atoms with Gasteiger partial charge < -0.3 is 4.74 Å². The molecule has 0 radical (unpaired) electrons. The summed E-state index contributed by atoms with van der Waals surface area (Å²) in [5.74, 6) is 0.258. The van der Waals surface area contributed by atoms with E-state index in [2.05, 4.69) is 4.90 Å². The molecule has 0 aromatic rings. The molecule has 0 amide bonds. The third-order valence-electron chi connectivity index (χ3n) is 3.78. The van der Waals surface area contributed by atoms with Gasteiger partial charge in [0, 0.05) is 6.04 Å². The number of sulfone groups is 1. The maximum Gasteiger partial charge on any atom is 0.323 e. The normalized spacial score (nSPS) is 32.3. The average Bonchev–Trinajstić information content (AvgIpc) is 2.70. The number of hydrogen-bond acceptors (Lipinski definition) is 5. The van der Waals surface area contributed by atoms with Crippen LogP contribution in [0.25, 0.3) is 0 Å². The Morgan fingerprint density at radius 1 is 1.33 bits per heavy atom. The molecule has 0 bridgehead atoms. The van der Waals surface area contributed by atoms with Crippen LogP contribution in [-0.2, 0) is 19.4 Å². The van der Waals surface area contributed by atoms with E-state index in [-0.39, 0.29) is 29.6 Å². The van der Waals surface area contributed by atoms with Gasteiger partial charge in [-0.1, -0.05) is 6.42 Å². The number of ether oxygens (including phenoxy) is 1. The van der Waals surface area contributed by atoms with Crippen LogP contribution in [0.5, 0.6) is 0 Å². The van der Waals surface area contributed by atoms with Crippen LogP contribution in [0.2, 0.25) is 0 Å². The molecule has 2 saturated heterocycles. The topological polar surface area (TPSA) is 63.7 Å². The molecule has 104 valence electrons. The van der Waals surface area contributed by atoms with Gasteiger partial charge in [-0.3, -0.25) is 9.69 Å². The highest BCUT2D eigenvalue weighted by Crippen LogP contribution is 2.26. The molecule has 2 rings (SSSR count). The maximum atomic E-state index is 11.9. The van der Waals surface area contributed by atoms with Crippen LogP contribution in [-0.4, -0.2) is 56.0 Å². The zero-order valence-electron chi connectivity index (χ0n) is 10.8. The first-order chi connectivity index (χ1) is 8.53. The van der Waals surface area contributed by atoms with Crippen molar-refractivity contribution in [3.05, 3.63) is 0 Å². The van der Waals surface area contributed by atoms with E-state index >= 15 is 0 Å². The number of esters is 1. The summed E-state index contributed by atoms with van der Waals surface area (Å²) < 4.78 is 28.2. The highest BCUT2D eigenvalue weighted by molar-refractivity contribution is 7.91. The summed E-state index contributed by atoms with van der Waals surface area (Å²) in [6, 6.07) is -0.235. The highest BCUT2D eigenvalue weighted by atomic mass is 32.2. The second kappa shape index (κ2) is 5.57. The molecule has 2 aliphatic heterocycles. The molecular formula is C12H21NO4S. The van der Waals surface area contributed by atoms with E-state index in [1.54, 1.807) is 6.92 Å². The fourth-order valence-electron chi connectivity index (χ4n) is 2.92. The van der Waals surface area contributed by atoms with Crippen molar-refractivity contribution in [2.45, 2.75) is 44.7 Å². The Balaban J connectivity index is 2.06. The molecule has 2 aliphatic rings. The van der Waals surface area contributed by atoms with Gasteiger partial charge in [-0.2, -0.15) is 0 Å². The monoisotopic (exact) mass is 275 g/mol. The first-order valence-corrected chi connectivity index (χ1v) is 8.48. The molecule has 5 nitrogen and oxygen atoms in total. The second-order valence-electron chi connectivity index (χ2n) is 5.06. The van der Waals surface area contributed by atoms with Gasteiger partial charge in [0.25, 0.3) is 0 Å². The molecule has 0 aromatic heterocycles. The summed E-state index contributed by atoms with van der Waals surface area (Å²) in [7, 11) is -2.90. The van der Waals surface area contributed by atoms with Crippen LogP contribution in [0.3, 0.4) is 0 Å². The third-order valence-corrected chi connectivity index (χ3v) is 5.53. The number of likely N-dealkylation sites (tertiary alicyclic amines) is 1. The van der Waals surface area contributed by atoms with Crippen LogP contribution in [0.1, 0.15) is 32.6 Å². The Morgan fingerprint density at radius 3 is 2.72 bits per heavy atom. The van der Waals surface area contributed by atoms with Gasteiger partial charge in [-0.15, -0.1) is 0 Å². The fourth-order valence-corrected chi connectivity index (χ4v) is 4.66. The van der Waals surface area contributed by atoms with E-state index in [9.17, 15) is 13.2 Å². The number of carbonyl (C=O) groups excluding carboxylic acids is 1. The summed E-state index contributed by atoms with van der Waals surface area (Å²) in [6.45, 7) is 2.99. The quantitative estimate of drug-likeness (QED) is 0.705. The SMILES string of the molecule is CCOC(=O)C1CCCCN1C1CCS(=O)(=O)C1. The summed E-state index contributed by atoms with van der Waals surface area (Å²) in [5, 5.41) is 0. The van der Waals surface area contributed by atoms with Crippen molar-refractivity contribution in [2.24, 2.45) is 0 Å². The number of piperidine rings is 1. The minimum absolute atomic E-state index is 0.00436. The number of carbonyl (C=O) groups is 1. The molecule has 2 unspecified atom stereocenters. The van der Waals surface area contributed by atoms with Crippen LogP contribution >= 0.6 is 0 Å². The van der Waals surface area contributed by atoms with Crippen LogP contribution in [0.4, 0.5) is 0 Å². The number of rotatable bonds is 3. The first-order valence-electron chi connectivity index (χ1n) is 6.66. The Bertz CT molecular complexity index is 406. The molecule has 18 heavy (non-hydrogen) atoms. The molecule has 0 spiro atoms. The summed E-state index contributed by atoms with van der Waals surface area (Å²) >= 11 is 0. The molecule has 0 aliphatic carbocycles. The fraction of sp³-hybridized carbons (Fsp3) is 0.917. The lowest BCUT2D eigenvalue weighted by atomic mass is 9.99. The molecule has 0 N–H and O–H groups in total. The van der Waals surface area contributed by atoms with E-state index in [4.69, 9.17) is 4.74 Å². The van der Waals surface area contributed by atoms with Crippen molar-refractivity contribution in [1.82, 2.24) is 4.90 Å². The van der Waals surface area contributed by atoms with E-state index in [1.807, 2.05) is 0 Å². The van der Waals surface area contributed by atoms with Crippen molar-refractivity contribution in [3.63, 3.8) is 0 Å². The van der Waals surface area contributed by atoms with Gasteiger partial charge in [-0.25, -0.2) is 8.42 Å². The summed E-state index contributed by atoms with van der Waals surface area (Å²) in [5.41, 5.74) is 0. The standard InChI is InChI=1S/C12H21NO4S/c1-2-17-12(14)11-5-3-4-7-13(11)10-6-8-18(15,16)9-10/h10-11H,2-9H2,1H3. The van der Waals surface area contributed by atoms with Crippen molar-refractivity contribution >= 4 is 15.8 Å². The molecule has 0 aromatic carbocycles. The minimum atomic E-state index is -2.90. The van der Waals surface area contributed by atoms with Crippen LogP contribution < -0.4 is 0 Å². The third kappa shape index (κ3) is 3.03. The first kappa shape index (κ1) is 13.8. The van der Waals surface area contributed by atoms with Gasteiger partial charge in [0.05, 0.1) is 18.1 Å². The smallest absolute Gasteiger partial charge is 0.323 e. The van der Waals surface area contributed by atoms with Gasteiger partial charge >= 0.3 is 5.97 Å². The van der Waals surface area contributed by atoms with Crippen molar-refractivity contribution in [1.29, 1.82) is 0 Å². The van der Waals surface area contributed by atoms with Crippen molar-refractivity contribution in [3.8, 4) is 0 Å². The number of hydrogen-bond donors (Lipinski definition) is 0. The van der Waals surface area contributed by atoms with Gasteiger partial charge in [-0.05, 0) is 32.7 Å². The van der Waals surface area contributed by atoms with E-state index in [0.29, 0.717) is 13.0 Å². The Kier molecular flexibility index (Phi) is 4.27. The zero-order valence-corrected chi connectivity index (χ0v) is 11.6. The Morgan fingerprint density at radius 2 is 2.11 bits per heavy atom. The molecule has 0 saturated carbocycles. The Labute approximate surface area is 108 Å². The van der Waals surface area contributed by atoms with Crippen molar-refractivity contribution < 1.29 is 17.9 Å². The van der Waals surface area contributed by atoms with Gasteiger partial charge in [0.1, 0.15) is 6.04 Å². The predicted octanol–water partition coefficient (Wildman–Crippen LogP) is 0.591. The lowest BCUT2D eigenvalue weighted by molar-refractivity contribution is -0.151. The molecule has 2 atom stereocenters. The maximum absolute atomic E-state index is 11.9. The number of nitrogens with zero attached hydrogens (tertiary/aromatic N) is 1. The largest absolute Gasteiger partial charge is 0.465 e. The average molecular weight is 275 g/mol. The van der Waals surface area contributed by atoms with Gasteiger partial charge in [0.2, 0.25) is 0 Å². The lowest BCUT2D eigenvalue weighted by Gasteiger charge is -2.37.